The van der Waals surface area contributed by atoms with Gasteiger partial charge in [-0.3, -0.25) is 0 Å². The van der Waals surface area contributed by atoms with Gasteiger partial charge < -0.3 is 15.0 Å². The summed E-state index contributed by atoms with van der Waals surface area (Å²) in [6, 6.07) is 9.73. The maximum absolute atomic E-state index is 6.12. The van der Waals surface area contributed by atoms with Crippen molar-refractivity contribution >= 4 is 23.4 Å². The second kappa shape index (κ2) is 8.34. The first-order valence-electron chi connectivity index (χ1n) is 10.7. The molecule has 3 atom stereocenters. The quantitative estimate of drug-likeness (QED) is 0.624. The van der Waals surface area contributed by atoms with Gasteiger partial charge >= 0.3 is 0 Å². The Morgan fingerprint density at radius 1 is 1.16 bits per heavy atom. The van der Waals surface area contributed by atoms with Gasteiger partial charge in [-0.1, -0.05) is 11.6 Å². The van der Waals surface area contributed by atoms with E-state index in [1.807, 2.05) is 41.9 Å². The molecule has 0 amide bonds. The molecule has 0 radical (unpaired) electrons. The van der Waals surface area contributed by atoms with E-state index in [9.17, 15) is 0 Å². The summed E-state index contributed by atoms with van der Waals surface area (Å²) in [5.41, 5.74) is 0.992. The van der Waals surface area contributed by atoms with Gasteiger partial charge in [0.15, 0.2) is 11.9 Å². The fraction of sp³-hybridized carbons (Fsp3) is 0.455. The van der Waals surface area contributed by atoms with Crippen molar-refractivity contribution in [1.29, 1.82) is 0 Å². The van der Waals surface area contributed by atoms with E-state index in [0.717, 1.165) is 55.6 Å². The highest BCUT2D eigenvalue weighted by atomic mass is 35.5. The van der Waals surface area contributed by atoms with E-state index in [1.165, 1.54) is 0 Å². The number of aryl methyl sites for hydroxylation is 2. The van der Waals surface area contributed by atoms with Crippen LogP contribution in [0.4, 0.5) is 11.8 Å². The van der Waals surface area contributed by atoms with Crippen molar-refractivity contribution < 1.29 is 4.74 Å². The van der Waals surface area contributed by atoms with Crippen LogP contribution in [-0.2, 0) is 6.54 Å². The number of ether oxygens (including phenoxy) is 1. The third-order valence-electron chi connectivity index (χ3n) is 6.09. The number of nitrogens with one attached hydrogen (secondary N) is 1. The van der Waals surface area contributed by atoms with Gasteiger partial charge in [-0.15, -0.1) is 5.10 Å². The zero-order valence-electron chi connectivity index (χ0n) is 17.7. The van der Waals surface area contributed by atoms with E-state index in [2.05, 4.69) is 32.2 Å². The predicted molar refractivity (Wildman–Crippen MR) is 120 cm³/mol. The lowest BCUT2D eigenvalue weighted by molar-refractivity contribution is 0.203. The first kappa shape index (κ1) is 20.1. The smallest absolute Gasteiger partial charge is 0.242 e. The lowest BCUT2D eigenvalue weighted by Gasteiger charge is -2.21. The van der Waals surface area contributed by atoms with Crippen LogP contribution >= 0.6 is 11.6 Å². The minimum Gasteiger partial charge on any atom is -0.482 e. The molecular formula is C22H26ClN7O. The standard InChI is InChI=1S/C22H26ClN7O/c1-14-11-20(25-13-24-14)29-9-7-16(12-29)15(2)26-22-27-21-19(8-10-30(21)28-22)31-18-5-3-17(23)4-6-18/h3-6,11,13,15-16,19H,7-10,12H2,1-2H3,(H,26,28)/t15?,16?,19-/m1/s1. The number of fused-ring (bicyclic) bond motifs is 1. The van der Waals surface area contributed by atoms with Crippen molar-refractivity contribution in [1.82, 2.24) is 24.7 Å². The maximum atomic E-state index is 6.12. The lowest BCUT2D eigenvalue weighted by atomic mass is 10.0. The largest absolute Gasteiger partial charge is 0.482 e. The van der Waals surface area contributed by atoms with Crippen LogP contribution in [0.1, 0.15) is 37.4 Å². The summed E-state index contributed by atoms with van der Waals surface area (Å²) in [5, 5.41) is 8.87. The summed E-state index contributed by atoms with van der Waals surface area (Å²) in [4.78, 5) is 15.7. The highest BCUT2D eigenvalue weighted by Crippen LogP contribution is 2.31. The van der Waals surface area contributed by atoms with Crippen LogP contribution in [0.2, 0.25) is 5.02 Å². The minimum atomic E-state index is -0.0949. The van der Waals surface area contributed by atoms with E-state index in [4.69, 9.17) is 21.3 Å². The molecule has 1 saturated heterocycles. The Morgan fingerprint density at radius 2 is 2.00 bits per heavy atom. The molecule has 8 nitrogen and oxygen atoms in total. The SMILES string of the molecule is Cc1cc(N2CCC(C(C)Nc3nc4n(n3)CC[C@H]4Oc3ccc(Cl)cc3)C2)ncn1. The fourth-order valence-electron chi connectivity index (χ4n) is 4.31. The predicted octanol–water partition coefficient (Wildman–Crippen LogP) is 3.88. The third-order valence-corrected chi connectivity index (χ3v) is 6.34. The van der Waals surface area contributed by atoms with E-state index in [-0.39, 0.29) is 12.1 Å². The maximum Gasteiger partial charge on any atom is 0.242 e. The summed E-state index contributed by atoms with van der Waals surface area (Å²) in [6.07, 6.45) is 3.51. The molecule has 0 aliphatic carbocycles. The summed E-state index contributed by atoms with van der Waals surface area (Å²) in [6.45, 7) is 6.96. The fourth-order valence-corrected chi connectivity index (χ4v) is 4.44. The molecule has 0 saturated carbocycles. The average molecular weight is 440 g/mol. The third kappa shape index (κ3) is 4.30. The number of benzene rings is 1. The summed E-state index contributed by atoms with van der Waals surface area (Å²) in [5.74, 6) is 3.83. The first-order chi connectivity index (χ1) is 15.0. The Bertz CT molecular complexity index is 1050. The number of hydrogen-bond acceptors (Lipinski definition) is 7. The van der Waals surface area contributed by atoms with Crippen molar-refractivity contribution in [3.8, 4) is 5.75 Å². The normalized spacial score (nSPS) is 21.2. The van der Waals surface area contributed by atoms with Gasteiger partial charge in [-0.25, -0.2) is 14.6 Å². The van der Waals surface area contributed by atoms with E-state index in [1.54, 1.807) is 6.33 Å². The summed E-state index contributed by atoms with van der Waals surface area (Å²) < 4.78 is 8.06. The monoisotopic (exact) mass is 439 g/mol. The molecule has 3 aromatic rings. The Kier molecular flexibility index (Phi) is 5.40. The molecule has 31 heavy (non-hydrogen) atoms. The van der Waals surface area contributed by atoms with Gasteiger partial charge in [-0.05, 0) is 50.5 Å². The van der Waals surface area contributed by atoms with Gasteiger partial charge in [0.2, 0.25) is 5.95 Å². The summed E-state index contributed by atoms with van der Waals surface area (Å²) >= 11 is 5.97. The molecule has 0 bridgehead atoms. The van der Waals surface area contributed by atoms with E-state index < -0.39 is 0 Å². The lowest BCUT2D eigenvalue weighted by Crippen LogP contribution is -2.30. The summed E-state index contributed by atoms with van der Waals surface area (Å²) in [7, 11) is 0. The second-order valence-corrected chi connectivity index (χ2v) is 8.75. The van der Waals surface area contributed by atoms with Crippen LogP contribution in [0.3, 0.4) is 0 Å². The topological polar surface area (TPSA) is 81.0 Å². The van der Waals surface area contributed by atoms with E-state index >= 15 is 0 Å². The second-order valence-electron chi connectivity index (χ2n) is 8.31. The van der Waals surface area contributed by atoms with Crippen LogP contribution in [0.5, 0.6) is 5.75 Å². The Morgan fingerprint density at radius 3 is 2.81 bits per heavy atom. The molecule has 9 heteroatoms. The van der Waals surface area contributed by atoms with Gasteiger partial charge in [0.1, 0.15) is 17.9 Å². The van der Waals surface area contributed by atoms with Crippen molar-refractivity contribution in [2.45, 2.75) is 45.4 Å². The molecule has 0 spiro atoms. The van der Waals surface area contributed by atoms with Crippen LogP contribution in [0.25, 0.3) is 0 Å². The highest BCUT2D eigenvalue weighted by molar-refractivity contribution is 6.30. The van der Waals surface area contributed by atoms with Gasteiger partial charge in [0.05, 0.1) is 0 Å². The molecule has 1 aromatic carbocycles. The van der Waals surface area contributed by atoms with E-state index in [0.29, 0.717) is 16.9 Å². The minimum absolute atomic E-state index is 0.0949. The van der Waals surface area contributed by atoms with Crippen molar-refractivity contribution in [3.05, 3.63) is 53.2 Å². The molecule has 1 fully saturated rings. The first-order valence-corrected chi connectivity index (χ1v) is 11.1. The molecule has 162 valence electrons. The molecule has 2 unspecified atom stereocenters. The van der Waals surface area contributed by atoms with Crippen LogP contribution in [-0.4, -0.2) is 43.9 Å². The molecule has 1 N–H and O–H groups in total. The molecular weight excluding hydrogens is 414 g/mol. The van der Waals surface area contributed by atoms with Crippen molar-refractivity contribution in [3.63, 3.8) is 0 Å². The Hall–Kier alpha value is -2.87. The molecule has 2 aliphatic rings. The number of halogens is 1. The number of aromatic nitrogens is 5. The number of rotatable bonds is 6. The Labute approximate surface area is 186 Å². The zero-order valence-corrected chi connectivity index (χ0v) is 18.5. The van der Waals surface area contributed by atoms with Crippen LogP contribution in [0.15, 0.2) is 36.7 Å². The number of nitrogens with zero attached hydrogens (tertiary/aromatic N) is 6. The van der Waals surface area contributed by atoms with Gasteiger partial charge in [0.25, 0.3) is 0 Å². The average Bonchev–Trinajstić information content (AvgIpc) is 3.47. The molecule has 5 rings (SSSR count). The van der Waals surface area contributed by atoms with Gasteiger partial charge in [-0.2, -0.15) is 4.98 Å². The molecule has 2 aliphatic heterocycles. The number of hydrogen-bond donors (Lipinski definition) is 1. The number of anilines is 2. The molecule has 4 heterocycles. The Balaban J connectivity index is 1.21. The highest BCUT2D eigenvalue weighted by Gasteiger charge is 2.31. The zero-order chi connectivity index (χ0) is 21.4. The van der Waals surface area contributed by atoms with Gasteiger partial charge in [0, 0.05) is 48.9 Å². The van der Waals surface area contributed by atoms with Crippen molar-refractivity contribution in [2.24, 2.45) is 5.92 Å². The van der Waals surface area contributed by atoms with Crippen molar-refractivity contribution in [2.75, 3.05) is 23.3 Å². The van der Waals surface area contributed by atoms with Crippen LogP contribution < -0.4 is 15.0 Å². The molecule has 2 aromatic heterocycles. The van der Waals surface area contributed by atoms with Crippen LogP contribution in [0, 0.1) is 12.8 Å².